The Morgan fingerprint density at radius 2 is 2.00 bits per heavy atom. The first-order chi connectivity index (χ1) is 16.2. The van der Waals surface area contributed by atoms with Gasteiger partial charge in [0, 0.05) is 42.5 Å². The number of aromatic nitrogens is 4. The molecule has 0 radical (unpaired) electrons. The van der Waals surface area contributed by atoms with E-state index in [4.69, 9.17) is 4.98 Å². The predicted molar refractivity (Wildman–Crippen MR) is 122 cm³/mol. The van der Waals surface area contributed by atoms with E-state index < -0.39 is 21.4 Å². The van der Waals surface area contributed by atoms with E-state index in [1.54, 1.807) is 35.3 Å². The first-order valence-electron chi connectivity index (χ1n) is 10.3. The molecule has 0 unspecified atom stereocenters. The number of hydrogen-bond acceptors (Lipinski definition) is 7. The molecule has 1 fully saturated rings. The van der Waals surface area contributed by atoms with Crippen LogP contribution in [0.3, 0.4) is 0 Å². The molecule has 34 heavy (non-hydrogen) atoms. The minimum absolute atomic E-state index is 0.0966. The van der Waals surface area contributed by atoms with Gasteiger partial charge in [-0.2, -0.15) is 14.7 Å². The van der Waals surface area contributed by atoms with Crippen LogP contribution in [-0.2, 0) is 15.6 Å². The first-order valence-corrected chi connectivity index (χ1v) is 12.2. The van der Waals surface area contributed by atoms with E-state index in [-0.39, 0.29) is 25.3 Å². The van der Waals surface area contributed by atoms with E-state index in [2.05, 4.69) is 16.2 Å². The lowest BCUT2D eigenvalue weighted by Crippen LogP contribution is -2.63. The lowest BCUT2D eigenvalue weighted by atomic mass is 9.89. The summed E-state index contributed by atoms with van der Waals surface area (Å²) in [5, 5.41) is 25.0. The molecule has 4 aromatic rings. The van der Waals surface area contributed by atoms with Crippen molar-refractivity contribution in [2.75, 3.05) is 19.3 Å². The van der Waals surface area contributed by atoms with E-state index in [1.165, 1.54) is 16.4 Å². The average molecular weight is 479 g/mol. The summed E-state index contributed by atoms with van der Waals surface area (Å²) in [6.07, 6.45) is 4.57. The van der Waals surface area contributed by atoms with Gasteiger partial charge in [0.2, 0.25) is 10.0 Å². The van der Waals surface area contributed by atoms with Crippen molar-refractivity contribution in [1.82, 2.24) is 24.1 Å². The molecular formula is C23H19FN6O3S. The summed E-state index contributed by atoms with van der Waals surface area (Å²) in [5.74, 6) is -0.812. The highest BCUT2D eigenvalue weighted by atomic mass is 32.2. The summed E-state index contributed by atoms with van der Waals surface area (Å²) in [5.41, 5.74) is 1.58. The molecule has 1 N–H and O–H groups in total. The molecule has 0 bridgehead atoms. The third-order valence-electron chi connectivity index (χ3n) is 5.97. The molecule has 11 heteroatoms. The van der Waals surface area contributed by atoms with Crippen molar-refractivity contribution in [2.24, 2.45) is 0 Å². The van der Waals surface area contributed by atoms with E-state index in [9.17, 15) is 23.2 Å². The standard InChI is InChI=1S/C23H19FN6O3S/c1-34(32,33)29-13-23(14-29,7-8-25)30-10-6-18(28-30)22-17-3-2-9-26-19(17)12-20(27-22)16-5-4-15(24)11-21(16)31/h2-6,9-12,31H,7,13-14H2,1H3. The van der Waals surface area contributed by atoms with Crippen LogP contribution in [0.15, 0.2) is 54.9 Å². The molecular weight excluding hydrogens is 459 g/mol. The van der Waals surface area contributed by atoms with Gasteiger partial charge >= 0.3 is 0 Å². The largest absolute Gasteiger partial charge is 0.507 e. The molecule has 4 heterocycles. The molecule has 1 aliphatic rings. The maximum absolute atomic E-state index is 13.5. The molecule has 0 amide bonds. The molecule has 9 nitrogen and oxygen atoms in total. The van der Waals surface area contributed by atoms with Crippen molar-refractivity contribution in [3.05, 3.63) is 60.7 Å². The van der Waals surface area contributed by atoms with Gasteiger partial charge in [-0.25, -0.2) is 17.8 Å². The zero-order valence-electron chi connectivity index (χ0n) is 18.1. The number of nitrogens with zero attached hydrogens (tertiary/aromatic N) is 6. The van der Waals surface area contributed by atoms with Crippen LogP contribution in [0.2, 0.25) is 0 Å². The second-order valence-corrected chi connectivity index (χ2v) is 10.3. The Labute approximate surface area is 194 Å². The Morgan fingerprint density at radius 1 is 1.21 bits per heavy atom. The normalized spacial score (nSPS) is 15.7. The van der Waals surface area contributed by atoms with E-state index in [1.807, 2.05) is 6.07 Å². The number of aromatic hydroxyl groups is 1. The fraction of sp³-hybridized carbons (Fsp3) is 0.217. The van der Waals surface area contributed by atoms with Crippen LogP contribution >= 0.6 is 0 Å². The molecule has 1 aliphatic heterocycles. The monoisotopic (exact) mass is 478 g/mol. The lowest BCUT2D eigenvalue weighted by molar-refractivity contribution is 0.0726. The summed E-state index contributed by atoms with van der Waals surface area (Å²) in [6, 6.07) is 12.9. The summed E-state index contributed by atoms with van der Waals surface area (Å²) < 4.78 is 40.2. The number of rotatable bonds is 5. The number of benzene rings is 1. The molecule has 0 atom stereocenters. The summed E-state index contributed by atoms with van der Waals surface area (Å²) in [4.78, 5) is 9.11. The minimum Gasteiger partial charge on any atom is -0.507 e. The van der Waals surface area contributed by atoms with Crippen LogP contribution in [0.25, 0.3) is 33.5 Å². The van der Waals surface area contributed by atoms with Gasteiger partial charge in [0.1, 0.15) is 28.5 Å². The van der Waals surface area contributed by atoms with E-state index in [0.717, 1.165) is 17.7 Å². The van der Waals surface area contributed by atoms with E-state index in [0.29, 0.717) is 28.2 Å². The van der Waals surface area contributed by atoms with Crippen LogP contribution in [0.5, 0.6) is 5.75 Å². The summed E-state index contributed by atoms with van der Waals surface area (Å²) in [7, 11) is -3.37. The number of hydrogen-bond donors (Lipinski definition) is 1. The van der Waals surface area contributed by atoms with Crippen LogP contribution < -0.4 is 0 Å². The van der Waals surface area contributed by atoms with Gasteiger partial charge in [0.15, 0.2) is 0 Å². The Hall–Kier alpha value is -3.88. The van der Waals surface area contributed by atoms with Crippen LogP contribution in [0.4, 0.5) is 4.39 Å². The molecule has 5 rings (SSSR count). The Morgan fingerprint density at radius 3 is 2.71 bits per heavy atom. The summed E-state index contributed by atoms with van der Waals surface area (Å²) >= 11 is 0. The van der Waals surface area contributed by atoms with Crippen molar-refractivity contribution in [3.8, 4) is 34.5 Å². The number of fused-ring (bicyclic) bond motifs is 1. The van der Waals surface area contributed by atoms with Gasteiger partial charge in [-0.1, -0.05) is 0 Å². The zero-order valence-corrected chi connectivity index (χ0v) is 18.9. The number of nitriles is 1. The van der Waals surface area contributed by atoms with Crippen molar-refractivity contribution in [2.45, 2.75) is 12.0 Å². The van der Waals surface area contributed by atoms with Crippen molar-refractivity contribution >= 4 is 20.9 Å². The molecule has 1 aromatic carbocycles. The predicted octanol–water partition coefficient (Wildman–Crippen LogP) is 2.89. The van der Waals surface area contributed by atoms with E-state index >= 15 is 0 Å². The van der Waals surface area contributed by atoms with Gasteiger partial charge in [-0.05, 0) is 36.4 Å². The molecule has 0 saturated carbocycles. The third-order valence-corrected chi connectivity index (χ3v) is 7.17. The maximum Gasteiger partial charge on any atom is 0.211 e. The minimum atomic E-state index is -3.37. The molecule has 3 aromatic heterocycles. The van der Waals surface area contributed by atoms with Gasteiger partial charge in [-0.15, -0.1) is 0 Å². The number of phenols is 1. The Bertz CT molecular complexity index is 1570. The van der Waals surface area contributed by atoms with Crippen LogP contribution in [0, 0.1) is 17.1 Å². The molecule has 172 valence electrons. The maximum atomic E-state index is 13.5. The number of halogens is 1. The first kappa shape index (κ1) is 21.9. The lowest BCUT2D eigenvalue weighted by Gasteiger charge is -2.47. The Kier molecular flexibility index (Phi) is 5.07. The molecule has 1 saturated heterocycles. The molecule has 0 aliphatic carbocycles. The second kappa shape index (κ2) is 7.86. The van der Waals surface area contributed by atoms with Gasteiger partial charge in [-0.3, -0.25) is 9.67 Å². The van der Waals surface area contributed by atoms with Crippen LogP contribution in [0.1, 0.15) is 6.42 Å². The summed E-state index contributed by atoms with van der Waals surface area (Å²) in [6.45, 7) is 0.305. The SMILES string of the molecule is CS(=O)(=O)N1CC(CC#N)(n2ccc(-c3nc(-c4ccc(F)cc4O)cc4ncccc34)n2)C1. The number of pyridine rings is 2. The van der Waals surface area contributed by atoms with Crippen molar-refractivity contribution in [1.29, 1.82) is 5.26 Å². The number of phenolic OH excluding ortho intramolecular Hbond substituents is 1. The van der Waals surface area contributed by atoms with Crippen molar-refractivity contribution < 1.29 is 17.9 Å². The fourth-order valence-electron chi connectivity index (χ4n) is 4.17. The third kappa shape index (κ3) is 3.67. The van der Waals surface area contributed by atoms with Crippen molar-refractivity contribution in [3.63, 3.8) is 0 Å². The highest BCUT2D eigenvalue weighted by Crippen LogP contribution is 2.37. The van der Waals surface area contributed by atoms with Gasteiger partial charge in [0.25, 0.3) is 0 Å². The highest BCUT2D eigenvalue weighted by molar-refractivity contribution is 7.88. The van der Waals surface area contributed by atoms with Gasteiger partial charge < -0.3 is 5.11 Å². The second-order valence-electron chi connectivity index (χ2n) is 8.32. The average Bonchev–Trinajstić information content (AvgIpc) is 3.24. The van der Waals surface area contributed by atoms with Gasteiger partial charge in [0.05, 0.1) is 30.0 Å². The topological polar surface area (TPSA) is 125 Å². The quantitative estimate of drug-likeness (QED) is 0.468. The smallest absolute Gasteiger partial charge is 0.211 e. The molecule has 0 spiro atoms. The van der Waals surface area contributed by atoms with Crippen LogP contribution in [-0.4, -0.2) is 56.9 Å². The Balaban J connectivity index is 1.61. The highest BCUT2D eigenvalue weighted by Gasteiger charge is 2.49. The fourth-order valence-corrected chi connectivity index (χ4v) is 5.12. The number of sulfonamides is 1. The zero-order chi connectivity index (χ0) is 24.1.